The first-order valence-corrected chi connectivity index (χ1v) is 12.9. The second-order valence-corrected chi connectivity index (χ2v) is 9.19. The SMILES string of the molecule is COC(=O)[C@@H](Cc1cc(=O)oc2cc(OC)ccc12)NC(=O)[C@H](Cc1ccccc1)NC(=O)OCc1ccccc1. The van der Waals surface area contributed by atoms with Gasteiger partial charge in [0.05, 0.1) is 14.2 Å². The molecule has 0 unspecified atom stereocenters. The van der Waals surface area contributed by atoms with Crippen LogP contribution in [0.15, 0.2) is 94.1 Å². The summed E-state index contributed by atoms with van der Waals surface area (Å²) in [7, 11) is 2.69. The van der Waals surface area contributed by atoms with Gasteiger partial charge >= 0.3 is 17.7 Å². The van der Waals surface area contributed by atoms with Gasteiger partial charge in [0.1, 0.15) is 30.0 Å². The molecule has 4 aromatic rings. The second-order valence-electron chi connectivity index (χ2n) is 9.19. The fourth-order valence-corrected chi connectivity index (χ4v) is 4.30. The third-order valence-corrected chi connectivity index (χ3v) is 6.37. The van der Waals surface area contributed by atoms with Gasteiger partial charge in [-0.05, 0) is 28.8 Å². The van der Waals surface area contributed by atoms with E-state index in [1.807, 2.05) is 60.7 Å². The smallest absolute Gasteiger partial charge is 0.408 e. The molecule has 0 saturated carbocycles. The fourth-order valence-electron chi connectivity index (χ4n) is 4.30. The summed E-state index contributed by atoms with van der Waals surface area (Å²) >= 11 is 0. The molecule has 41 heavy (non-hydrogen) atoms. The van der Waals surface area contributed by atoms with Gasteiger partial charge in [0.15, 0.2) is 0 Å². The van der Waals surface area contributed by atoms with E-state index in [1.165, 1.54) is 20.3 Å². The minimum atomic E-state index is -1.17. The number of rotatable bonds is 11. The standard InChI is InChI=1S/C31H30N2O8/c1-38-23-13-14-24-22(17-28(34)41-27(24)18-23)16-26(30(36)39-2)32-29(35)25(15-20-9-5-3-6-10-20)33-31(37)40-19-21-11-7-4-8-12-21/h3-14,17-18,25-26H,15-16,19H2,1-2H3,(H,32,35)(H,33,37)/t25-,26+/m0/s1. The Hall–Kier alpha value is -5.12. The molecule has 0 fully saturated rings. The van der Waals surface area contributed by atoms with Gasteiger partial charge in [-0.1, -0.05) is 60.7 Å². The number of esters is 1. The van der Waals surface area contributed by atoms with Crippen LogP contribution in [0, 0.1) is 0 Å². The van der Waals surface area contributed by atoms with Crippen LogP contribution < -0.4 is 21.0 Å². The molecule has 0 aliphatic carbocycles. The van der Waals surface area contributed by atoms with Crippen molar-refractivity contribution in [2.45, 2.75) is 31.5 Å². The summed E-state index contributed by atoms with van der Waals surface area (Å²) in [6.45, 7) is 0.0194. The van der Waals surface area contributed by atoms with Crippen LogP contribution in [0.3, 0.4) is 0 Å². The third kappa shape index (κ3) is 7.95. The first-order chi connectivity index (χ1) is 19.9. The van der Waals surface area contributed by atoms with Gasteiger partial charge < -0.3 is 29.3 Å². The highest BCUT2D eigenvalue weighted by molar-refractivity contribution is 5.90. The van der Waals surface area contributed by atoms with E-state index in [-0.39, 0.29) is 25.0 Å². The zero-order valence-electron chi connectivity index (χ0n) is 22.6. The maximum absolute atomic E-state index is 13.5. The maximum atomic E-state index is 13.5. The highest BCUT2D eigenvalue weighted by Crippen LogP contribution is 2.23. The van der Waals surface area contributed by atoms with Crippen LogP contribution >= 0.6 is 0 Å². The van der Waals surface area contributed by atoms with Crippen LogP contribution in [0.1, 0.15) is 16.7 Å². The lowest BCUT2D eigenvalue weighted by molar-refractivity contribution is -0.145. The highest BCUT2D eigenvalue weighted by Gasteiger charge is 2.29. The number of hydrogen-bond donors (Lipinski definition) is 2. The van der Waals surface area contributed by atoms with E-state index in [0.717, 1.165) is 11.1 Å². The molecule has 0 saturated heterocycles. The van der Waals surface area contributed by atoms with Crippen molar-refractivity contribution in [3.05, 3.63) is 112 Å². The Labute approximate surface area is 236 Å². The minimum absolute atomic E-state index is 0.0194. The largest absolute Gasteiger partial charge is 0.497 e. The van der Waals surface area contributed by atoms with E-state index in [0.29, 0.717) is 16.7 Å². The van der Waals surface area contributed by atoms with Crippen molar-refractivity contribution in [1.82, 2.24) is 10.6 Å². The van der Waals surface area contributed by atoms with E-state index in [1.54, 1.807) is 18.2 Å². The number of carbonyl (C=O) groups excluding carboxylic acids is 3. The number of nitrogens with one attached hydrogen (secondary N) is 2. The Bertz CT molecular complexity index is 1550. The van der Waals surface area contributed by atoms with Crippen molar-refractivity contribution < 1.29 is 33.0 Å². The topological polar surface area (TPSA) is 133 Å². The van der Waals surface area contributed by atoms with Crippen molar-refractivity contribution >= 4 is 28.9 Å². The van der Waals surface area contributed by atoms with E-state index in [9.17, 15) is 19.2 Å². The zero-order valence-corrected chi connectivity index (χ0v) is 22.6. The lowest BCUT2D eigenvalue weighted by atomic mass is 10.0. The quantitative estimate of drug-likeness (QED) is 0.211. The van der Waals surface area contributed by atoms with Gasteiger partial charge in [0.25, 0.3) is 0 Å². The fraction of sp³-hybridized carbons (Fsp3) is 0.226. The average molecular weight is 559 g/mol. The molecule has 2 amide bonds. The molecular formula is C31H30N2O8. The van der Waals surface area contributed by atoms with Crippen molar-refractivity contribution in [3.8, 4) is 5.75 Å². The summed E-state index contributed by atoms with van der Waals surface area (Å²) < 4.78 is 20.8. The normalized spacial score (nSPS) is 12.1. The lowest BCUT2D eigenvalue weighted by Gasteiger charge is -2.22. The summed E-state index contributed by atoms with van der Waals surface area (Å²) in [5.74, 6) is -0.863. The van der Waals surface area contributed by atoms with Gasteiger partial charge in [-0.25, -0.2) is 14.4 Å². The predicted molar refractivity (Wildman–Crippen MR) is 150 cm³/mol. The first kappa shape index (κ1) is 28.9. The number of amides is 2. The molecule has 1 heterocycles. The number of ether oxygens (including phenoxy) is 3. The van der Waals surface area contributed by atoms with E-state index in [2.05, 4.69) is 10.6 Å². The molecule has 10 heteroatoms. The Morgan fingerprint density at radius 2 is 1.49 bits per heavy atom. The molecule has 212 valence electrons. The van der Waals surface area contributed by atoms with Crippen LogP contribution in [0.5, 0.6) is 5.75 Å². The van der Waals surface area contributed by atoms with Crippen molar-refractivity contribution in [2.75, 3.05) is 14.2 Å². The number of methoxy groups -OCH3 is 2. The Balaban J connectivity index is 1.54. The van der Waals surface area contributed by atoms with E-state index >= 15 is 0 Å². The number of fused-ring (bicyclic) bond motifs is 1. The lowest BCUT2D eigenvalue weighted by Crippen LogP contribution is -2.53. The highest BCUT2D eigenvalue weighted by atomic mass is 16.5. The number of hydrogen-bond acceptors (Lipinski definition) is 8. The maximum Gasteiger partial charge on any atom is 0.408 e. The summed E-state index contributed by atoms with van der Waals surface area (Å²) in [4.78, 5) is 51.2. The number of alkyl carbamates (subject to hydrolysis) is 1. The van der Waals surface area contributed by atoms with Gasteiger partial charge in [-0.15, -0.1) is 0 Å². The third-order valence-electron chi connectivity index (χ3n) is 6.37. The Morgan fingerprint density at radius 1 is 0.805 bits per heavy atom. The van der Waals surface area contributed by atoms with Crippen LogP contribution in [-0.4, -0.2) is 44.3 Å². The van der Waals surface area contributed by atoms with E-state index < -0.39 is 35.7 Å². The Morgan fingerprint density at radius 3 is 2.15 bits per heavy atom. The molecule has 2 N–H and O–H groups in total. The van der Waals surface area contributed by atoms with Gasteiger partial charge in [0, 0.05) is 30.4 Å². The summed E-state index contributed by atoms with van der Waals surface area (Å²) in [6.07, 6.45) is -0.720. The molecular weight excluding hydrogens is 528 g/mol. The summed E-state index contributed by atoms with van der Waals surface area (Å²) in [5, 5.41) is 5.86. The first-order valence-electron chi connectivity index (χ1n) is 12.9. The van der Waals surface area contributed by atoms with Gasteiger partial charge in [-0.2, -0.15) is 0 Å². The molecule has 0 aliphatic rings. The average Bonchev–Trinajstić information content (AvgIpc) is 2.99. The minimum Gasteiger partial charge on any atom is -0.497 e. The molecule has 2 atom stereocenters. The second kappa shape index (κ2) is 13.8. The van der Waals surface area contributed by atoms with Crippen LogP contribution in [0.25, 0.3) is 11.0 Å². The molecule has 4 rings (SSSR count). The zero-order chi connectivity index (χ0) is 29.2. The van der Waals surface area contributed by atoms with Crippen LogP contribution in [0.2, 0.25) is 0 Å². The van der Waals surface area contributed by atoms with E-state index in [4.69, 9.17) is 18.6 Å². The molecule has 10 nitrogen and oxygen atoms in total. The van der Waals surface area contributed by atoms with Crippen molar-refractivity contribution in [2.24, 2.45) is 0 Å². The summed E-state index contributed by atoms with van der Waals surface area (Å²) in [5.41, 5.74) is 1.68. The van der Waals surface area contributed by atoms with Crippen LogP contribution in [-0.2, 0) is 38.5 Å². The monoisotopic (exact) mass is 558 g/mol. The van der Waals surface area contributed by atoms with Crippen LogP contribution in [0.4, 0.5) is 4.79 Å². The predicted octanol–water partition coefficient (Wildman–Crippen LogP) is 3.54. The molecule has 0 bridgehead atoms. The molecule has 1 aromatic heterocycles. The molecule has 3 aromatic carbocycles. The molecule has 0 aliphatic heterocycles. The van der Waals surface area contributed by atoms with Crippen molar-refractivity contribution in [3.63, 3.8) is 0 Å². The Kier molecular flexibility index (Phi) is 9.71. The van der Waals surface area contributed by atoms with Gasteiger partial charge in [-0.3, -0.25) is 4.79 Å². The molecule has 0 radical (unpaired) electrons. The van der Waals surface area contributed by atoms with Gasteiger partial charge in [0.2, 0.25) is 5.91 Å². The number of carbonyl (C=O) groups is 3. The van der Waals surface area contributed by atoms with Crippen molar-refractivity contribution in [1.29, 1.82) is 0 Å². The summed E-state index contributed by atoms with van der Waals surface area (Å²) in [6, 6.07) is 22.2. The number of benzene rings is 3. The molecule has 0 spiro atoms.